The van der Waals surface area contributed by atoms with Crippen LogP contribution in [0.1, 0.15) is 22.7 Å². The predicted molar refractivity (Wildman–Crippen MR) is 71.3 cm³/mol. The number of aromatic nitrogens is 2. The van der Waals surface area contributed by atoms with Crippen LogP contribution in [0.25, 0.3) is 0 Å². The zero-order valence-electron chi connectivity index (χ0n) is 10.6. The molecule has 2 rings (SSSR count). The van der Waals surface area contributed by atoms with Crippen molar-refractivity contribution < 1.29 is 0 Å². The van der Waals surface area contributed by atoms with Crippen molar-refractivity contribution in [2.45, 2.75) is 26.4 Å². The monoisotopic (exact) mass is 243 g/mol. The van der Waals surface area contributed by atoms with Gasteiger partial charge < -0.3 is 5.73 Å². The highest BCUT2D eigenvalue weighted by molar-refractivity contribution is 5.31. The summed E-state index contributed by atoms with van der Waals surface area (Å²) >= 11 is 0. The van der Waals surface area contributed by atoms with Crippen molar-refractivity contribution >= 4 is 0 Å². The number of nitrogens with zero attached hydrogens (tertiary/aromatic N) is 2. The molecular weight excluding hydrogens is 226 g/mol. The first-order valence-corrected chi connectivity index (χ1v) is 5.92. The fourth-order valence-corrected chi connectivity index (χ4v) is 1.84. The van der Waals surface area contributed by atoms with Crippen LogP contribution in [0, 0.1) is 13.8 Å². The Morgan fingerprint density at radius 2 is 2.11 bits per heavy atom. The molecule has 1 aromatic carbocycles. The molecule has 0 saturated heterocycles. The molecular formula is C14H17N3O. The van der Waals surface area contributed by atoms with Gasteiger partial charge in [-0.2, -0.15) is 0 Å². The Balaban J connectivity index is 2.22. The molecule has 0 aliphatic carbocycles. The Hall–Kier alpha value is -1.94. The minimum absolute atomic E-state index is 0.203. The van der Waals surface area contributed by atoms with Crippen LogP contribution in [-0.2, 0) is 6.54 Å². The highest BCUT2D eigenvalue weighted by atomic mass is 16.1. The van der Waals surface area contributed by atoms with Gasteiger partial charge >= 0.3 is 5.69 Å². The van der Waals surface area contributed by atoms with Gasteiger partial charge in [-0.25, -0.2) is 9.78 Å². The number of rotatable bonds is 3. The Morgan fingerprint density at radius 1 is 1.33 bits per heavy atom. The normalized spacial score (nSPS) is 12.4. The molecule has 2 aromatic rings. The van der Waals surface area contributed by atoms with E-state index in [2.05, 4.69) is 31.0 Å². The second kappa shape index (κ2) is 5.14. The van der Waals surface area contributed by atoms with E-state index in [0.29, 0.717) is 6.54 Å². The molecule has 0 radical (unpaired) electrons. The number of aryl methyl sites for hydroxylation is 2. The lowest BCUT2D eigenvalue weighted by Crippen LogP contribution is -2.27. The second-order valence-corrected chi connectivity index (χ2v) is 4.50. The lowest BCUT2D eigenvalue weighted by Gasteiger charge is -2.14. The van der Waals surface area contributed by atoms with Gasteiger partial charge in [-0.05, 0) is 36.6 Å². The van der Waals surface area contributed by atoms with Gasteiger partial charge in [0, 0.05) is 25.0 Å². The third-order valence-corrected chi connectivity index (χ3v) is 3.14. The standard InChI is InChI=1S/C14H17N3O/c1-10-4-5-12(8-11(10)2)13(15)9-17-7-3-6-16-14(17)18/h3-8,13H,9,15H2,1-2H3. The predicted octanol–water partition coefficient (Wildman–Crippen LogP) is 1.56. The smallest absolute Gasteiger partial charge is 0.322 e. The van der Waals surface area contributed by atoms with Crippen molar-refractivity contribution in [2.24, 2.45) is 5.73 Å². The van der Waals surface area contributed by atoms with Gasteiger partial charge in [0.05, 0.1) is 0 Å². The van der Waals surface area contributed by atoms with E-state index in [1.807, 2.05) is 6.07 Å². The lowest BCUT2D eigenvalue weighted by molar-refractivity contribution is 0.551. The average molecular weight is 243 g/mol. The fraction of sp³-hybridized carbons (Fsp3) is 0.286. The topological polar surface area (TPSA) is 60.9 Å². The molecule has 4 heteroatoms. The molecule has 94 valence electrons. The summed E-state index contributed by atoms with van der Waals surface area (Å²) in [7, 11) is 0. The van der Waals surface area contributed by atoms with Crippen molar-refractivity contribution in [3.63, 3.8) is 0 Å². The summed E-state index contributed by atoms with van der Waals surface area (Å²) in [6.45, 7) is 4.56. The molecule has 0 amide bonds. The van der Waals surface area contributed by atoms with E-state index in [0.717, 1.165) is 5.56 Å². The first-order chi connectivity index (χ1) is 8.58. The maximum Gasteiger partial charge on any atom is 0.347 e. The maximum atomic E-state index is 11.5. The molecule has 0 saturated carbocycles. The molecule has 4 nitrogen and oxygen atoms in total. The van der Waals surface area contributed by atoms with Gasteiger partial charge in [0.2, 0.25) is 0 Å². The Kier molecular flexibility index (Phi) is 3.58. The molecule has 0 fully saturated rings. The van der Waals surface area contributed by atoms with Crippen molar-refractivity contribution in [2.75, 3.05) is 0 Å². The highest BCUT2D eigenvalue weighted by Crippen LogP contribution is 2.16. The Labute approximate surface area is 106 Å². The summed E-state index contributed by atoms with van der Waals surface area (Å²) in [5.41, 5.74) is 9.35. The minimum Gasteiger partial charge on any atom is -0.322 e. The summed E-state index contributed by atoms with van der Waals surface area (Å²) in [6, 6.07) is 7.66. The number of hydrogen-bond donors (Lipinski definition) is 1. The maximum absolute atomic E-state index is 11.5. The fourth-order valence-electron chi connectivity index (χ4n) is 1.84. The van der Waals surface area contributed by atoms with Gasteiger partial charge in [-0.3, -0.25) is 4.57 Å². The summed E-state index contributed by atoms with van der Waals surface area (Å²) in [4.78, 5) is 15.2. The van der Waals surface area contributed by atoms with Crippen LogP contribution in [0.4, 0.5) is 0 Å². The van der Waals surface area contributed by atoms with Crippen molar-refractivity contribution in [3.8, 4) is 0 Å². The van der Waals surface area contributed by atoms with E-state index in [4.69, 9.17) is 5.73 Å². The molecule has 0 aliphatic rings. The van der Waals surface area contributed by atoms with Gasteiger partial charge in [-0.1, -0.05) is 18.2 Å². The van der Waals surface area contributed by atoms with Crippen molar-refractivity contribution in [3.05, 3.63) is 63.8 Å². The third-order valence-electron chi connectivity index (χ3n) is 3.14. The van der Waals surface area contributed by atoms with E-state index in [1.165, 1.54) is 21.9 Å². The zero-order chi connectivity index (χ0) is 13.1. The molecule has 18 heavy (non-hydrogen) atoms. The van der Waals surface area contributed by atoms with E-state index >= 15 is 0 Å². The summed E-state index contributed by atoms with van der Waals surface area (Å²) in [5.74, 6) is 0. The number of nitrogens with two attached hydrogens (primary N) is 1. The highest BCUT2D eigenvalue weighted by Gasteiger charge is 2.08. The lowest BCUT2D eigenvalue weighted by atomic mass is 10.0. The molecule has 1 atom stereocenters. The summed E-state index contributed by atoms with van der Waals surface area (Å²) in [6.07, 6.45) is 3.19. The van der Waals surface area contributed by atoms with Crippen molar-refractivity contribution in [1.29, 1.82) is 0 Å². The van der Waals surface area contributed by atoms with Crippen LogP contribution in [-0.4, -0.2) is 9.55 Å². The SMILES string of the molecule is Cc1ccc(C(N)Cn2cccnc2=O)cc1C. The Bertz CT molecular complexity index is 604. The quantitative estimate of drug-likeness (QED) is 0.890. The van der Waals surface area contributed by atoms with Crippen LogP contribution >= 0.6 is 0 Å². The minimum atomic E-state index is -0.267. The van der Waals surface area contributed by atoms with E-state index in [1.54, 1.807) is 12.3 Å². The summed E-state index contributed by atoms with van der Waals surface area (Å²) < 4.78 is 1.53. The molecule has 2 N–H and O–H groups in total. The van der Waals surface area contributed by atoms with E-state index in [-0.39, 0.29) is 11.7 Å². The Morgan fingerprint density at radius 3 is 2.78 bits per heavy atom. The van der Waals surface area contributed by atoms with Crippen LogP contribution in [0.5, 0.6) is 0 Å². The first kappa shape index (κ1) is 12.5. The van der Waals surface area contributed by atoms with Crippen LogP contribution in [0.2, 0.25) is 0 Å². The molecule has 0 aliphatic heterocycles. The van der Waals surface area contributed by atoms with E-state index in [9.17, 15) is 4.79 Å². The van der Waals surface area contributed by atoms with Gasteiger partial charge in [0.15, 0.2) is 0 Å². The first-order valence-electron chi connectivity index (χ1n) is 5.92. The number of benzene rings is 1. The average Bonchev–Trinajstić information content (AvgIpc) is 2.35. The molecule has 1 aromatic heterocycles. The molecule has 1 heterocycles. The van der Waals surface area contributed by atoms with Gasteiger partial charge in [0.1, 0.15) is 0 Å². The largest absolute Gasteiger partial charge is 0.347 e. The van der Waals surface area contributed by atoms with Crippen molar-refractivity contribution in [1.82, 2.24) is 9.55 Å². The van der Waals surface area contributed by atoms with E-state index < -0.39 is 0 Å². The summed E-state index contributed by atoms with van der Waals surface area (Å²) in [5, 5.41) is 0. The van der Waals surface area contributed by atoms with Gasteiger partial charge in [-0.15, -0.1) is 0 Å². The second-order valence-electron chi connectivity index (χ2n) is 4.50. The van der Waals surface area contributed by atoms with Crippen LogP contribution in [0.15, 0.2) is 41.5 Å². The molecule has 1 unspecified atom stereocenters. The zero-order valence-corrected chi connectivity index (χ0v) is 10.6. The van der Waals surface area contributed by atoms with Crippen LogP contribution in [0.3, 0.4) is 0 Å². The molecule has 0 spiro atoms. The molecule has 0 bridgehead atoms. The van der Waals surface area contributed by atoms with Gasteiger partial charge in [0.25, 0.3) is 0 Å². The number of hydrogen-bond acceptors (Lipinski definition) is 3. The third kappa shape index (κ3) is 2.65. The van der Waals surface area contributed by atoms with Crippen LogP contribution < -0.4 is 11.4 Å².